The maximum atomic E-state index is 11.6. The zero-order chi connectivity index (χ0) is 14.2. The van der Waals surface area contributed by atoms with Gasteiger partial charge in [0.15, 0.2) is 5.79 Å². The van der Waals surface area contributed by atoms with Crippen molar-refractivity contribution < 1.29 is 14.3 Å². The van der Waals surface area contributed by atoms with Gasteiger partial charge in [-0.15, -0.1) is 0 Å². The molecule has 0 aromatic heterocycles. The Hall–Kier alpha value is -1.79. The first kappa shape index (κ1) is 13.2. The summed E-state index contributed by atoms with van der Waals surface area (Å²) in [5.74, 6) is -0.995. The number of ether oxygens (including phenoxy) is 2. The predicted molar refractivity (Wildman–Crippen MR) is 75.5 cm³/mol. The number of rotatable bonds is 2. The fourth-order valence-corrected chi connectivity index (χ4v) is 2.95. The van der Waals surface area contributed by atoms with E-state index in [2.05, 4.69) is 4.90 Å². The van der Waals surface area contributed by atoms with Crippen LogP contribution in [-0.4, -0.2) is 38.0 Å². The van der Waals surface area contributed by atoms with E-state index in [9.17, 15) is 4.79 Å². The van der Waals surface area contributed by atoms with Crippen molar-refractivity contribution in [2.45, 2.75) is 18.6 Å². The third kappa shape index (κ3) is 2.32. The second-order valence-corrected chi connectivity index (χ2v) is 5.27. The third-order valence-corrected chi connectivity index (χ3v) is 3.86. The fraction of sp³-hybridized carbons (Fsp3) is 0.500. The minimum atomic E-state index is -0.544. The molecule has 4 N–H and O–H groups in total. The molecule has 0 saturated carbocycles. The molecule has 0 unspecified atom stereocenters. The van der Waals surface area contributed by atoms with E-state index in [1.807, 2.05) is 0 Å². The Labute approximate surface area is 117 Å². The highest BCUT2D eigenvalue weighted by Crippen LogP contribution is 2.34. The Morgan fingerprint density at radius 1 is 1.30 bits per heavy atom. The molecule has 2 fully saturated rings. The molecule has 1 aromatic rings. The summed E-state index contributed by atoms with van der Waals surface area (Å²) in [7, 11) is 0. The van der Waals surface area contributed by atoms with Crippen LogP contribution in [0, 0.1) is 0 Å². The molecule has 0 aliphatic carbocycles. The summed E-state index contributed by atoms with van der Waals surface area (Å²) < 4.78 is 11.5. The highest BCUT2D eigenvalue weighted by atomic mass is 16.7. The second-order valence-electron chi connectivity index (χ2n) is 5.27. The molecule has 2 aliphatic heterocycles. The highest BCUT2D eigenvalue weighted by molar-refractivity contribution is 5.99. The van der Waals surface area contributed by atoms with E-state index in [4.69, 9.17) is 20.9 Å². The van der Waals surface area contributed by atoms with Crippen LogP contribution in [0.4, 0.5) is 11.4 Å². The number of primary amides is 1. The van der Waals surface area contributed by atoms with E-state index >= 15 is 0 Å². The van der Waals surface area contributed by atoms with Gasteiger partial charge in [0.25, 0.3) is 5.91 Å². The number of anilines is 2. The molecular weight excluding hydrogens is 258 g/mol. The van der Waals surface area contributed by atoms with Gasteiger partial charge in [-0.05, 0) is 24.6 Å². The number of nitrogens with two attached hydrogens (primary N) is 2. The summed E-state index contributed by atoms with van der Waals surface area (Å²) in [4.78, 5) is 13.7. The summed E-state index contributed by atoms with van der Waals surface area (Å²) in [5.41, 5.74) is 13.1. The maximum Gasteiger partial charge on any atom is 0.250 e. The monoisotopic (exact) mass is 277 g/mol. The molecule has 1 amide bonds. The van der Waals surface area contributed by atoms with Crippen molar-refractivity contribution in [1.82, 2.24) is 0 Å². The number of nitrogen functional groups attached to an aromatic ring is 1. The standard InChI is InChI=1S/C14H19N3O3/c15-10-2-3-11(13(16)18)12(8-10)17-5-1-4-14(9-17)19-6-7-20-14/h2-3,8H,1,4-7,9,15H2,(H2,16,18). The Morgan fingerprint density at radius 2 is 2.05 bits per heavy atom. The third-order valence-electron chi connectivity index (χ3n) is 3.86. The van der Waals surface area contributed by atoms with Crippen molar-refractivity contribution in [3.63, 3.8) is 0 Å². The molecule has 1 spiro atoms. The van der Waals surface area contributed by atoms with Crippen LogP contribution < -0.4 is 16.4 Å². The molecule has 0 radical (unpaired) electrons. The van der Waals surface area contributed by atoms with E-state index in [0.29, 0.717) is 31.0 Å². The molecule has 108 valence electrons. The molecule has 2 heterocycles. The van der Waals surface area contributed by atoms with Crippen LogP contribution >= 0.6 is 0 Å². The van der Waals surface area contributed by atoms with E-state index in [-0.39, 0.29) is 0 Å². The van der Waals surface area contributed by atoms with Crippen molar-refractivity contribution in [1.29, 1.82) is 0 Å². The van der Waals surface area contributed by atoms with E-state index in [1.165, 1.54) is 0 Å². The molecule has 2 saturated heterocycles. The van der Waals surface area contributed by atoms with Gasteiger partial charge in [-0.3, -0.25) is 4.79 Å². The number of benzene rings is 1. The van der Waals surface area contributed by atoms with Crippen molar-refractivity contribution in [2.24, 2.45) is 5.73 Å². The zero-order valence-electron chi connectivity index (χ0n) is 11.3. The van der Waals surface area contributed by atoms with Crippen molar-refractivity contribution >= 4 is 17.3 Å². The van der Waals surface area contributed by atoms with E-state index in [0.717, 1.165) is 25.1 Å². The molecule has 2 aliphatic rings. The summed E-state index contributed by atoms with van der Waals surface area (Å²) in [6.07, 6.45) is 1.81. The normalized spacial score (nSPS) is 21.3. The van der Waals surface area contributed by atoms with E-state index < -0.39 is 11.7 Å². The lowest BCUT2D eigenvalue weighted by atomic mass is 10.0. The average molecular weight is 277 g/mol. The summed E-state index contributed by atoms with van der Waals surface area (Å²) >= 11 is 0. The van der Waals surface area contributed by atoms with Crippen LogP contribution in [0.25, 0.3) is 0 Å². The summed E-state index contributed by atoms with van der Waals surface area (Å²) in [6, 6.07) is 5.14. The SMILES string of the molecule is NC(=O)c1ccc(N)cc1N1CCCC2(C1)OCCO2. The van der Waals surface area contributed by atoms with Crippen LogP contribution in [0.2, 0.25) is 0 Å². The number of carbonyl (C=O) groups is 1. The molecule has 20 heavy (non-hydrogen) atoms. The van der Waals surface area contributed by atoms with Gasteiger partial charge in [-0.2, -0.15) is 0 Å². The van der Waals surface area contributed by atoms with Crippen LogP contribution in [0.15, 0.2) is 18.2 Å². The molecule has 6 nitrogen and oxygen atoms in total. The van der Waals surface area contributed by atoms with Crippen molar-refractivity contribution in [3.8, 4) is 0 Å². The fourth-order valence-electron chi connectivity index (χ4n) is 2.95. The smallest absolute Gasteiger partial charge is 0.250 e. The van der Waals surface area contributed by atoms with Gasteiger partial charge < -0.3 is 25.8 Å². The number of hydrogen-bond donors (Lipinski definition) is 2. The van der Waals surface area contributed by atoms with E-state index in [1.54, 1.807) is 18.2 Å². The first-order valence-corrected chi connectivity index (χ1v) is 6.82. The largest absolute Gasteiger partial charge is 0.399 e. The van der Waals surface area contributed by atoms with Gasteiger partial charge >= 0.3 is 0 Å². The molecule has 1 aromatic carbocycles. The van der Waals surface area contributed by atoms with Gasteiger partial charge in [0.05, 0.1) is 31.0 Å². The molecule has 0 bridgehead atoms. The lowest BCUT2D eigenvalue weighted by Gasteiger charge is -2.40. The topological polar surface area (TPSA) is 90.8 Å². The number of hydrogen-bond acceptors (Lipinski definition) is 5. The first-order chi connectivity index (χ1) is 9.60. The minimum Gasteiger partial charge on any atom is -0.399 e. The number of amides is 1. The van der Waals surface area contributed by atoms with Gasteiger partial charge in [0.1, 0.15) is 0 Å². The van der Waals surface area contributed by atoms with Gasteiger partial charge in [0, 0.05) is 18.7 Å². The maximum absolute atomic E-state index is 11.6. The lowest BCUT2D eigenvalue weighted by molar-refractivity contribution is -0.161. The number of carbonyl (C=O) groups excluding carboxylic acids is 1. The molecule has 0 atom stereocenters. The first-order valence-electron chi connectivity index (χ1n) is 6.82. The number of nitrogens with zero attached hydrogens (tertiary/aromatic N) is 1. The summed E-state index contributed by atoms with van der Waals surface area (Å²) in [5, 5.41) is 0. The Balaban J connectivity index is 1.92. The quantitative estimate of drug-likeness (QED) is 0.777. The Bertz CT molecular complexity index is 526. The van der Waals surface area contributed by atoms with Gasteiger partial charge in [0.2, 0.25) is 0 Å². The molecule has 3 rings (SSSR count). The second kappa shape index (κ2) is 4.96. The van der Waals surface area contributed by atoms with Gasteiger partial charge in [-0.25, -0.2) is 0 Å². The van der Waals surface area contributed by atoms with Gasteiger partial charge in [-0.1, -0.05) is 0 Å². The Kier molecular flexibility index (Phi) is 3.27. The minimum absolute atomic E-state index is 0.451. The average Bonchev–Trinajstić information content (AvgIpc) is 2.86. The van der Waals surface area contributed by atoms with Crippen LogP contribution in [0.5, 0.6) is 0 Å². The molecule has 6 heteroatoms. The van der Waals surface area contributed by atoms with Crippen molar-refractivity contribution in [3.05, 3.63) is 23.8 Å². The van der Waals surface area contributed by atoms with Crippen molar-refractivity contribution in [2.75, 3.05) is 36.9 Å². The summed E-state index contributed by atoms with van der Waals surface area (Å²) in [6.45, 7) is 2.66. The molecular formula is C14H19N3O3. The predicted octanol–water partition coefficient (Wildman–Crippen LogP) is 0.711. The van der Waals surface area contributed by atoms with Crippen LogP contribution in [-0.2, 0) is 9.47 Å². The Morgan fingerprint density at radius 3 is 2.75 bits per heavy atom. The van der Waals surface area contributed by atoms with Crippen LogP contribution in [0.1, 0.15) is 23.2 Å². The zero-order valence-corrected chi connectivity index (χ0v) is 11.3. The number of piperidine rings is 1. The lowest BCUT2D eigenvalue weighted by Crippen LogP contribution is -2.49. The van der Waals surface area contributed by atoms with Crippen LogP contribution in [0.3, 0.4) is 0 Å². The highest BCUT2D eigenvalue weighted by Gasteiger charge is 2.41.